The monoisotopic (exact) mass is 848 g/mol. The molecule has 0 saturated heterocycles. The quantitative estimate of drug-likeness (QED) is 0.0356. The fourth-order valence-corrected chi connectivity index (χ4v) is 6.59. The van der Waals surface area contributed by atoms with Gasteiger partial charge in [0.25, 0.3) is 0 Å². The third-order valence-electron chi connectivity index (χ3n) is 10.3. The second kappa shape index (κ2) is 37.4. The summed E-state index contributed by atoms with van der Waals surface area (Å²) in [5, 5.41) is 0. The van der Waals surface area contributed by atoms with E-state index in [1.54, 1.807) is 6.07 Å². The molecule has 0 heterocycles. The summed E-state index contributed by atoms with van der Waals surface area (Å²) in [4.78, 5) is 52.5. The van der Waals surface area contributed by atoms with Gasteiger partial charge in [-0.3, -0.25) is 19.2 Å². The number of carbonyl (C=O) groups excluding carboxylic acids is 4. The molecule has 0 aliphatic carbocycles. The van der Waals surface area contributed by atoms with Crippen LogP contribution in [0, 0.1) is 11.8 Å². The minimum atomic E-state index is -0.369. The molecular weight excluding hydrogens is 763 g/mol. The van der Waals surface area contributed by atoms with Gasteiger partial charge < -0.3 is 33.3 Å². The first-order valence-electron chi connectivity index (χ1n) is 23.8. The number of esters is 4. The second-order valence-electron chi connectivity index (χ2n) is 16.8. The maximum Gasteiger partial charge on any atom is 0.305 e. The van der Waals surface area contributed by atoms with E-state index < -0.39 is 0 Å². The number of carbonyl (C=O) groups is 4. The van der Waals surface area contributed by atoms with Crippen LogP contribution in [0.25, 0.3) is 0 Å². The van der Waals surface area contributed by atoms with Crippen LogP contribution in [0.5, 0.6) is 11.5 Å². The molecule has 0 aromatic heterocycles. The van der Waals surface area contributed by atoms with Gasteiger partial charge in [-0.2, -0.15) is 0 Å². The van der Waals surface area contributed by atoms with E-state index in [1.165, 1.54) is 0 Å². The Labute approximate surface area is 364 Å². The zero-order valence-corrected chi connectivity index (χ0v) is 38.8. The summed E-state index contributed by atoms with van der Waals surface area (Å²) in [6.07, 6.45) is 22.2. The summed E-state index contributed by atoms with van der Waals surface area (Å²) < 4.78 is 35.3. The molecule has 0 atom stereocenters. The molecule has 0 unspecified atom stereocenters. The van der Waals surface area contributed by atoms with Crippen LogP contribution >= 0.6 is 0 Å². The fourth-order valence-electron chi connectivity index (χ4n) is 6.59. The highest BCUT2D eigenvalue weighted by atomic mass is 16.6. The van der Waals surface area contributed by atoms with Crippen LogP contribution in [0.2, 0.25) is 0 Å². The Morgan fingerprint density at radius 3 is 0.967 bits per heavy atom. The van der Waals surface area contributed by atoms with Gasteiger partial charge in [0.05, 0.1) is 25.0 Å². The first kappa shape index (κ1) is 54.7. The molecule has 0 amide bonds. The highest BCUT2D eigenvalue weighted by Gasteiger charge is 2.19. The van der Waals surface area contributed by atoms with Crippen molar-refractivity contribution in [1.29, 1.82) is 0 Å². The molecule has 0 N–H and O–H groups in total. The summed E-state index contributed by atoms with van der Waals surface area (Å²) in [7, 11) is 3.96. The van der Waals surface area contributed by atoms with Crippen LogP contribution in [0.3, 0.4) is 0 Å². The van der Waals surface area contributed by atoms with E-state index in [1.807, 2.05) is 31.1 Å². The van der Waals surface area contributed by atoms with E-state index in [9.17, 15) is 19.2 Å². The van der Waals surface area contributed by atoms with Gasteiger partial charge in [-0.25, -0.2) is 0 Å². The van der Waals surface area contributed by atoms with Crippen molar-refractivity contribution in [3.8, 4) is 11.5 Å². The lowest BCUT2D eigenvalue weighted by atomic mass is 10.1. The smallest absolute Gasteiger partial charge is 0.305 e. The molecule has 11 heteroatoms. The van der Waals surface area contributed by atoms with Gasteiger partial charge in [-0.05, 0) is 57.5 Å². The highest BCUT2D eigenvalue weighted by molar-refractivity contribution is 5.70. The topological polar surface area (TPSA) is 127 Å². The predicted molar refractivity (Wildman–Crippen MR) is 239 cm³/mol. The fraction of sp³-hybridized carbons (Fsp3) is 0.796. The third kappa shape index (κ3) is 31.5. The van der Waals surface area contributed by atoms with Gasteiger partial charge in [-0.15, -0.1) is 0 Å². The van der Waals surface area contributed by atoms with Crippen LogP contribution in [-0.4, -0.2) is 82.5 Å². The Bertz CT molecular complexity index is 1110. The van der Waals surface area contributed by atoms with Crippen LogP contribution < -0.4 is 9.47 Å². The zero-order chi connectivity index (χ0) is 44.1. The summed E-state index contributed by atoms with van der Waals surface area (Å²) in [6, 6.07) is 5.68. The normalized spacial score (nSPS) is 11.3. The van der Waals surface area contributed by atoms with Crippen LogP contribution in [-0.2, 0) is 44.7 Å². The largest absolute Gasteiger partial charge is 0.493 e. The van der Waals surface area contributed by atoms with Crippen molar-refractivity contribution in [3.05, 3.63) is 23.8 Å². The molecule has 0 spiro atoms. The van der Waals surface area contributed by atoms with E-state index in [2.05, 4.69) is 27.7 Å². The summed E-state index contributed by atoms with van der Waals surface area (Å²) in [5.41, 5.74) is 0.952. The average Bonchev–Trinajstić information content (AvgIpc) is 3.22. The summed E-state index contributed by atoms with van der Waals surface area (Å²) in [6.45, 7) is 9.90. The molecule has 0 aliphatic heterocycles. The van der Waals surface area contributed by atoms with Gasteiger partial charge in [0.1, 0.15) is 37.9 Å². The minimum absolute atomic E-state index is 0.0783. The van der Waals surface area contributed by atoms with E-state index >= 15 is 0 Å². The van der Waals surface area contributed by atoms with Crippen molar-refractivity contribution < 1.29 is 47.6 Å². The number of hydrogen-bond donors (Lipinski definition) is 0. The van der Waals surface area contributed by atoms with Gasteiger partial charge in [-0.1, -0.05) is 130 Å². The molecule has 0 aliphatic rings. The molecule has 1 aromatic rings. The van der Waals surface area contributed by atoms with Gasteiger partial charge in [0.15, 0.2) is 0 Å². The SMILES string of the molecule is CCCCCCCC(=O)OCC(COC(=O)CCCCCCC)COc1cc(CN(C)C)cc(OCC(COC(=O)CCCCCCC)COC(=O)CCCCCCC)c1. The zero-order valence-electron chi connectivity index (χ0n) is 38.8. The molecule has 60 heavy (non-hydrogen) atoms. The summed E-state index contributed by atoms with van der Waals surface area (Å²) in [5.74, 6) is -0.656. The predicted octanol–water partition coefficient (Wildman–Crippen LogP) is 11.4. The molecular formula is C49H85NO10. The van der Waals surface area contributed by atoms with Crippen molar-refractivity contribution >= 4 is 23.9 Å². The van der Waals surface area contributed by atoms with Gasteiger partial charge >= 0.3 is 23.9 Å². The Kier molecular flexibility index (Phi) is 34.1. The van der Waals surface area contributed by atoms with E-state index in [4.69, 9.17) is 28.4 Å². The molecule has 1 rings (SSSR count). The third-order valence-corrected chi connectivity index (χ3v) is 10.3. The molecule has 0 radical (unpaired) electrons. The van der Waals surface area contributed by atoms with Crippen molar-refractivity contribution in [3.63, 3.8) is 0 Å². The summed E-state index contributed by atoms with van der Waals surface area (Å²) >= 11 is 0. The number of benzene rings is 1. The lowest BCUT2D eigenvalue weighted by Gasteiger charge is -2.21. The Hall–Kier alpha value is -3.34. The second-order valence-corrected chi connectivity index (χ2v) is 16.8. The Morgan fingerprint density at radius 1 is 0.417 bits per heavy atom. The Balaban J connectivity index is 3.03. The van der Waals surface area contributed by atoms with Gasteiger partial charge in [0, 0.05) is 38.3 Å². The number of unbranched alkanes of at least 4 members (excludes halogenated alkanes) is 16. The maximum atomic E-state index is 12.6. The maximum absolute atomic E-state index is 12.6. The average molecular weight is 848 g/mol. The van der Waals surface area contributed by atoms with Crippen molar-refractivity contribution in [2.24, 2.45) is 11.8 Å². The van der Waals surface area contributed by atoms with Gasteiger partial charge in [0.2, 0.25) is 0 Å². The molecule has 1 aromatic carbocycles. The van der Waals surface area contributed by atoms with E-state index in [0.29, 0.717) is 43.7 Å². The number of hydrogen-bond acceptors (Lipinski definition) is 11. The van der Waals surface area contributed by atoms with Crippen molar-refractivity contribution in [1.82, 2.24) is 4.90 Å². The van der Waals surface area contributed by atoms with Crippen LogP contribution in [0.1, 0.15) is 187 Å². The van der Waals surface area contributed by atoms with Crippen LogP contribution in [0.4, 0.5) is 0 Å². The highest BCUT2D eigenvalue weighted by Crippen LogP contribution is 2.25. The standard InChI is InChI=1S/C49H85NO10/c1-7-11-15-19-23-27-46(51)57-37-42(38-58-47(52)28-24-20-16-12-8-2)35-55-44-31-41(34-50(5)6)32-45(33-44)56-36-43(39-59-48(53)29-25-21-17-13-9-3)40-60-49(54)30-26-22-18-14-10-4/h31-33,42-43H,7-30,34-40H2,1-6H3. The van der Waals surface area contributed by atoms with E-state index in [-0.39, 0.29) is 75.4 Å². The first-order valence-corrected chi connectivity index (χ1v) is 23.8. The first-order chi connectivity index (χ1) is 29.1. The molecule has 346 valence electrons. The lowest BCUT2D eigenvalue weighted by molar-refractivity contribution is -0.151. The Morgan fingerprint density at radius 2 is 0.700 bits per heavy atom. The molecule has 11 nitrogen and oxygen atoms in total. The number of ether oxygens (including phenoxy) is 6. The molecule has 0 bridgehead atoms. The van der Waals surface area contributed by atoms with Crippen LogP contribution in [0.15, 0.2) is 18.2 Å². The molecule has 0 fully saturated rings. The van der Waals surface area contributed by atoms with Crippen molar-refractivity contribution in [2.45, 2.75) is 188 Å². The lowest BCUT2D eigenvalue weighted by Crippen LogP contribution is -2.27. The van der Waals surface area contributed by atoms with Crippen molar-refractivity contribution in [2.75, 3.05) is 53.7 Å². The number of nitrogens with zero attached hydrogens (tertiary/aromatic N) is 1. The molecule has 0 saturated carbocycles. The van der Waals surface area contributed by atoms with E-state index in [0.717, 1.165) is 134 Å². The number of rotatable bonds is 40. The minimum Gasteiger partial charge on any atom is -0.493 e.